The van der Waals surface area contributed by atoms with E-state index in [1.54, 1.807) is 6.07 Å². The second kappa shape index (κ2) is 6.61. The van der Waals surface area contributed by atoms with E-state index in [4.69, 9.17) is 9.47 Å². The number of esters is 2. The third kappa shape index (κ3) is 3.04. The summed E-state index contributed by atoms with van der Waals surface area (Å²) in [4.78, 5) is 26.5. The highest BCUT2D eigenvalue weighted by Crippen LogP contribution is 2.43. The molecule has 0 aliphatic heterocycles. The summed E-state index contributed by atoms with van der Waals surface area (Å²) in [5, 5.41) is 2.65. The molecule has 1 aromatic heterocycles. The van der Waals surface area contributed by atoms with E-state index in [1.165, 1.54) is 13.8 Å². The van der Waals surface area contributed by atoms with Gasteiger partial charge in [-0.05, 0) is 23.1 Å². The van der Waals surface area contributed by atoms with Crippen LogP contribution >= 0.6 is 0 Å². The number of benzene rings is 3. The maximum Gasteiger partial charge on any atom is 0.308 e. The number of para-hydroxylation sites is 1. The van der Waals surface area contributed by atoms with Gasteiger partial charge in [0.2, 0.25) is 0 Å². The molecule has 0 amide bonds. The van der Waals surface area contributed by atoms with E-state index < -0.39 is 11.9 Å². The lowest BCUT2D eigenvalue weighted by atomic mass is 9.96. The maximum atomic E-state index is 11.6. The van der Waals surface area contributed by atoms with Gasteiger partial charge in [0.15, 0.2) is 11.5 Å². The zero-order chi connectivity index (χ0) is 19.0. The first-order valence-electron chi connectivity index (χ1n) is 8.53. The number of hydrogen-bond acceptors (Lipinski definition) is 4. The van der Waals surface area contributed by atoms with Gasteiger partial charge in [0.25, 0.3) is 0 Å². The summed E-state index contributed by atoms with van der Waals surface area (Å²) < 4.78 is 10.8. The summed E-state index contributed by atoms with van der Waals surface area (Å²) in [5.74, 6) is -0.495. The molecule has 0 aliphatic rings. The number of aromatic nitrogens is 1. The molecule has 0 fully saturated rings. The van der Waals surface area contributed by atoms with E-state index in [0.717, 1.165) is 27.4 Å². The quantitative estimate of drug-likeness (QED) is 0.420. The number of nitrogens with one attached hydrogen (secondary N) is 1. The predicted octanol–water partition coefficient (Wildman–Crippen LogP) is 4.84. The summed E-state index contributed by atoms with van der Waals surface area (Å²) in [5.41, 5.74) is 2.87. The normalized spacial score (nSPS) is 10.9. The molecule has 134 valence electrons. The molecule has 0 spiro atoms. The Morgan fingerprint density at radius 1 is 0.778 bits per heavy atom. The first-order chi connectivity index (χ1) is 13.0. The Kier molecular flexibility index (Phi) is 4.12. The van der Waals surface area contributed by atoms with Gasteiger partial charge in [-0.1, -0.05) is 42.5 Å². The van der Waals surface area contributed by atoms with E-state index in [1.807, 2.05) is 54.7 Å². The number of carbonyl (C=O) groups is 2. The van der Waals surface area contributed by atoms with Crippen LogP contribution < -0.4 is 9.47 Å². The summed E-state index contributed by atoms with van der Waals surface area (Å²) in [6.45, 7) is 2.64. The van der Waals surface area contributed by atoms with E-state index in [-0.39, 0.29) is 11.5 Å². The highest BCUT2D eigenvalue weighted by Gasteiger charge is 2.19. The minimum atomic E-state index is -0.483. The van der Waals surface area contributed by atoms with Gasteiger partial charge >= 0.3 is 11.9 Å². The minimum absolute atomic E-state index is 0.219. The predicted molar refractivity (Wildman–Crippen MR) is 104 cm³/mol. The zero-order valence-electron chi connectivity index (χ0n) is 14.9. The number of carbonyl (C=O) groups excluding carboxylic acids is 2. The van der Waals surface area contributed by atoms with Crippen molar-refractivity contribution in [2.45, 2.75) is 13.8 Å². The van der Waals surface area contributed by atoms with Crippen LogP contribution in [0.4, 0.5) is 0 Å². The molecule has 27 heavy (non-hydrogen) atoms. The average Bonchev–Trinajstić information content (AvgIpc) is 3.07. The fraction of sp³-hybridized carbons (Fsp3) is 0.0909. The fourth-order valence-corrected chi connectivity index (χ4v) is 3.32. The largest absolute Gasteiger partial charge is 0.423 e. The van der Waals surface area contributed by atoms with Crippen molar-refractivity contribution >= 4 is 33.6 Å². The number of fused-ring (bicyclic) bond motifs is 2. The van der Waals surface area contributed by atoms with Gasteiger partial charge < -0.3 is 14.5 Å². The Bertz CT molecular complexity index is 1190. The molecule has 0 radical (unpaired) electrons. The minimum Gasteiger partial charge on any atom is -0.423 e. The number of rotatable bonds is 3. The Labute approximate surface area is 155 Å². The van der Waals surface area contributed by atoms with Crippen LogP contribution in [0.3, 0.4) is 0 Å². The van der Waals surface area contributed by atoms with E-state index in [0.29, 0.717) is 5.39 Å². The molecular weight excluding hydrogens is 342 g/mol. The molecule has 3 aromatic carbocycles. The van der Waals surface area contributed by atoms with Crippen LogP contribution in [0.25, 0.3) is 32.8 Å². The van der Waals surface area contributed by atoms with Gasteiger partial charge in [0, 0.05) is 41.9 Å². The average molecular weight is 359 g/mol. The third-order valence-electron chi connectivity index (χ3n) is 4.34. The van der Waals surface area contributed by atoms with Crippen molar-refractivity contribution in [3.63, 3.8) is 0 Å². The highest BCUT2D eigenvalue weighted by atomic mass is 16.6. The first-order valence-corrected chi connectivity index (χ1v) is 8.53. The molecule has 1 heterocycles. The topological polar surface area (TPSA) is 68.4 Å². The highest BCUT2D eigenvalue weighted by molar-refractivity contribution is 6.08. The second-order valence-corrected chi connectivity index (χ2v) is 6.23. The summed E-state index contributed by atoms with van der Waals surface area (Å²) in [7, 11) is 0. The number of H-pyrrole nitrogens is 1. The SMILES string of the molecule is CC(=O)Oc1cc(-c2c[nH]c3ccccc23)c2ccccc2c1OC(C)=O. The molecule has 1 N–H and O–H groups in total. The van der Waals surface area contributed by atoms with Crippen LogP contribution in [-0.2, 0) is 9.59 Å². The second-order valence-electron chi connectivity index (χ2n) is 6.23. The molecular formula is C22H17NO4. The number of ether oxygens (including phenoxy) is 2. The lowest BCUT2D eigenvalue weighted by Gasteiger charge is -2.15. The lowest BCUT2D eigenvalue weighted by Crippen LogP contribution is -2.08. The van der Waals surface area contributed by atoms with E-state index in [9.17, 15) is 9.59 Å². The molecule has 4 aromatic rings. The molecule has 5 nitrogen and oxygen atoms in total. The van der Waals surface area contributed by atoms with Gasteiger partial charge in [-0.2, -0.15) is 0 Å². The Balaban J connectivity index is 2.06. The van der Waals surface area contributed by atoms with Crippen molar-refractivity contribution in [3.8, 4) is 22.6 Å². The standard InChI is InChI=1S/C22H17NO4/c1-13(24)26-21-11-18(19-12-23-20-10-6-5-8-16(19)20)15-7-3-4-9-17(15)22(21)27-14(2)25/h3-12,23H,1-2H3. The van der Waals surface area contributed by atoms with Crippen LogP contribution in [0.1, 0.15) is 13.8 Å². The maximum absolute atomic E-state index is 11.6. The molecule has 5 heteroatoms. The van der Waals surface area contributed by atoms with E-state index >= 15 is 0 Å². The van der Waals surface area contributed by atoms with Crippen LogP contribution in [-0.4, -0.2) is 16.9 Å². The summed E-state index contributed by atoms with van der Waals surface area (Å²) >= 11 is 0. The molecule has 0 saturated carbocycles. The van der Waals surface area contributed by atoms with Crippen molar-refractivity contribution in [1.82, 2.24) is 4.98 Å². The van der Waals surface area contributed by atoms with Gasteiger partial charge in [0.05, 0.1) is 0 Å². The molecule has 0 bridgehead atoms. The van der Waals surface area contributed by atoms with Crippen LogP contribution in [0.2, 0.25) is 0 Å². The Hall–Kier alpha value is -3.60. The van der Waals surface area contributed by atoms with Gasteiger partial charge in [-0.25, -0.2) is 0 Å². The van der Waals surface area contributed by atoms with Crippen molar-refractivity contribution < 1.29 is 19.1 Å². The van der Waals surface area contributed by atoms with Gasteiger partial charge in [-0.15, -0.1) is 0 Å². The number of aromatic amines is 1. The third-order valence-corrected chi connectivity index (χ3v) is 4.34. The monoisotopic (exact) mass is 359 g/mol. The summed E-state index contributed by atoms with van der Waals surface area (Å²) in [6, 6.07) is 17.3. The Morgan fingerprint density at radius 2 is 1.41 bits per heavy atom. The van der Waals surface area contributed by atoms with Gasteiger partial charge in [-0.3, -0.25) is 9.59 Å². The Morgan fingerprint density at radius 3 is 2.11 bits per heavy atom. The molecule has 0 aliphatic carbocycles. The molecule has 4 rings (SSSR count). The van der Waals surface area contributed by atoms with Crippen molar-refractivity contribution in [2.24, 2.45) is 0 Å². The van der Waals surface area contributed by atoms with Crippen molar-refractivity contribution in [3.05, 3.63) is 60.8 Å². The van der Waals surface area contributed by atoms with Crippen LogP contribution in [0, 0.1) is 0 Å². The first kappa shape index (κ1) is 16.8. The molecule has 0 atom stereocenters. The molecule has 0 unspecified atom stereocenters. The summed E-state index contributed by atoms with van der Waals surface area (Å²) in [6.07, 6.45) is 1.93. The van der Waals surface area contributed by atoms with Gasteiger partial charge in [0.1, 0.15) is 0 Å². The van der Waals surface area contributed by atoms with Crippen LogP contribution in [0.15, 0.2) is 60.8 Å². The fourth-order valence-electron chi connectivity index (χ4n) is 3.32. The number of hydrogen-bond donors (Lipinski definition) is 1. The van der Waals surface area contributed by atoms with Crippen molar-refractivity contribution in [1.29, 1.82) is 0 Å². The van der Waals surface area contributed by atoms with E-state index in [2.05, 4.69) is 4.98 Å². The molecule has 0 saturated heterocycles. The zero-order valence-corrected chi connectivity index (χ0v) is 14.9. The lowest BCUT2D eigenvalue weighted by molar-refractivity contribution is -0.134. The van der Waals surface area contributed by atoms with Crippen LogP contribution in [0.5, 0.6) is 11.5 Å². The van der Waals surface area contributed by atoms with Crippen molar-refractivity contribution in [2.75, 3.05) is 0 Å². The smallest absolute Gasteiger partial charge is 0.308 e.